The van der Waals surface area contributed by atoms with Crippen LogP contribution in [-0.2, 0) is 12.8 Å². The average molecular weight is 249 g/mol. The molecule has 0 fully saturated rings. The summed E-state index contributed by atoms with van der Waals surface area (Å²) >= 11 is 0. The van der Waals surface area contributed by atoms with Gasteiger partial charge in [-0.2, -0.15) is 0 Å². The van der Waals surface area contributed by atoms with Gasteiger partial charge in [0.05, 0.1) is 12.2 Å². The van der Waals surface area contributed by atoms with Gasteiger partial charge in [0.2, 0.25) is 0 Å². The topological polar surface area (TPSA) is 55.5 Å². The van der Waals surface area contributed by atoms with Gasteiger partial charge >= 0.3 is 0 Å². The van der Waals surface area contributed by atoms with Crippen molar-refractivity contribution in [1.82, 2.24) is 0 Å². The SMILES string of the molecule is CC(O)(CN)CCCOc1ccc2c(c1)CCC2. The van der Waals surface area contributed by atoms with E-state index in [0.29, 0.717) is 19.6 Å². The first-order valence-corrected chi connectivity index (χ1v) is 6.78. The van der Waals surface area contributed by atoms with Gasteiger partial charge in [0.15, 0.2) is 0 Å². The highest BCUT2D eigenvalue weighted by molar-refractivity contribution is 5.38. The lowest BCUT2D eigenvalue weighted by molar-refractivity contribution is 0.0536. The van der Waals surface area contributed by atoms with E-state index >= 15 is 0 Å². The zero-order chi connectivity index (χ0) is 13.0. The van der Waals surface area contributed by atoms with Crippen LogP contribution in [0.15, 0.2) is 18.2 Å². The number of rotatable bonds is 6. The minimum atomic E-state index is -0.763. The fourth-order valence-corrected chi connectivity index (χ4v) is 2.38. The smallest absolute Gasteiger partial charge is 0.119 e. The summed E-state index contributed by atoms with van der Waals surface area (Å²) < 4.78 is 5.72. The third-order valence-electron chi connectivity index (χ3n) is 3.64. The van der Waals surface area contributed by atoms with Crippen LogP contribution in [0.25, 0.3) is 0 Å². The molecule has 1 unspecified atom stereocenters. The van der Waals surface area contributed by atoms with Crippen molar-refractivity contribution in [2.45, 2.75) is 44.6 Å². The predicted molar refractivity (Wildman–Crippen MR) is 72.9 cm³/mol. The molecule has 0 aliphatic heterocycles. The Kier molecular flexibility index (Phi) is 4.25. The van der Waals surface area contributed by atoms with Crippen LogP contribution in [0.4, 0.5) is 0 Å². The summed E-state index contributed by atoms with van der Waals surface area (Å²) in [7, 11) is 0. The van der Waals surface area contributed by atoms with Gasteiger partial charge in [-0.15, -0.1) is 0 Å². The molecule has 18 heavy (non-hydrogen) atoms. The van der Waals surface area contributed by atoms with Crippen LogP contribution >= 0.6 is 0 Å². The summed E-state index contributed by atoms with van der Waals surface area (Å²) in [5.41, 5.74) is 7.61. The van der Waals surface area contributed by atoms with Crippen molar-refractivity contribution in [3.05, 3.63) is 29.3 Å². The maximum Gasteiger partial charge on any atom is 0.119 e. The molecule has 100 valence electrons. The van der Waals surface area contributed by atoms with Crippen molar-refractivity contribution in [2.75, 3.05) is 13.2 Å². The second-order valence-corrected chi connectivity index (χ2v) is 5.44. The zero-order valence-corrected chi connectivity index (χ0v) is 11.1. The summed E-state index contributed by atoms with van der Waals surface area (Å²) in [5, 5.41) is 9.77. The van der Waals surface area contributed by atoms with Crippen LogP contribution in [0.3, 0.4) is 0 Å². The van der Waals surface area contributed by atoms with E-state index in [1.54, 1.807) is 6.92 Å². The first-order chi connectivity index (χ1) is 8.61. The number of hydrogen-bond acceptors (Lipinski definition) is 3. The van der Waals surface area contributed by atoms with Crippen LogP contribution < -0.4 is 10.5 Å². The fraction of sp³-hybridized carbons (Fsp3) is 0.600. The molecular formula is C15H23NO2. The van der Waals surface area contributed by atoms with Gasteiger partial charge < -0.3 is 15.6 Å². The highest BCUT2D eigenvalue weighted by atomic mass is 16.5. The number of fused-ring (bicyclic) bond motifs is 1. The van der Waals surface area contributed by atoms with Gasteiger partial charge in [0.1, 0.15) is 5.75 Å². The molecular weight excluding hydrogens is 226 g/mol. The Morgan fingerprint density at radius 3 is 2.89 bits per heavy atom. The maximum absolute atomic E-state index is 9.77. The number of aliphatic hydroxyl groups is 1. The second kappa shape index (κ2) is 5.72. The van der Waals surface area contributed by atoms with Crippen molar-refractivity contribution in [2.24, 2.45) is 5.73 Å². The molecule has 0 aromatic heterocycles. The predicted octanol–water partition coefficient (Wildman–Crippen LogP) is 2.04. The lowest BCUT2D eigenvalue weighted by atomic mass is 10.0. The third kappa shape index (κ3) is 3.47. The van der Waals surface area contributed by atoms with Crippen LogP contribution in [0.2, 0.25) is 0 Å². The molecule has 1 aromatic carbocycles. The van der Waals surface area contributed by atoms with Gasteiger partial charge in [-0.05, 0) is 62.3 Å². The van der Waals surface area contributed by atoms with Crippen molar-refractivity contribution >= 4 is 0 Å². The van der Waals surface area contributed by atoms with Crippen LogP contribution in [-0.4, -0.2) is 23.9 Å². The van der Waals surface area contributed by atoms with Crippen molar-refractivity contribution in [3.63, 3.8) is 0 Å². The summed E-state index contributed by atoms with van der Waals surface area (Å²) in [6.45, 7) is 2.70. The number of aryl methyl sites for hydroxylation is 2. The normalized spacial score (nSPS) is 17.3. The maximum atomic E-state index is 9.77. The molecule has 1 aromatic rings. The largest absolute Gasteiger partial charge is 0.494 e. The highest BCUT2D eigenvalue weighted by Gasteiger charge is 2.17. The van der Waals surface area contributed by atoms with E-state index in [-0.39, 0.29) is 0 Å². The van der Waals surface area contributed by atoms with E-state index in [4.69, 9.17) is 10.5 Å². The number of nitrogens with two attached hydrogens (primary N) is 1. The number of hydrogen-bond donors (Lipinski definition) is 2. The van der Waals surface area contributed by atoms with Crippen molar-refractivity contribution in [3.8, 4) is 5.75 Å². The van der Waals surface area contributed by atoms with Crippen LogP contribution in [0.1, 0.15) is 37.3 Å². The Morgan fingerprint density at radius 2 is 2.11 bits per heavy atom. The van der Waals surface area contributed by atoms with E-state index in [9.17, 15) is 5.11 Å². The molecule has 0 heterocycles. The molecule has 1 aliphatic rings. The molecule has 3 N–H and O–H groups in total. The summed E-state index contributed by atoms with van der Waals surface area (Å²) in [4.78, 5) is 0. The lowest BCUT2D eigenvalue weighted by Gasteiger charge is -2.20. The molecule has 3 nitrogen and oxygen atoms in total. The molecule has 0 saturated carbocycles. The Morgan fingerprint density at radius 1 is 1.33 bits per heavy atom. The van der Waals surface area contributed by atoms with Crippen LogP contribution in [0.5, 0.6) is 5.75 Å². The standard InChI is InChI=1S/C15H23NO2/c1-15(17,11-16)8-3-9-18-14-7-6-12-4-2-5-13(12)10-14/h6-7,10,17H,2-5,8-9,11,16H2,1H3. The summed E-state index contributed by atoms with van der Waals surface area (Å²) in [5.74, 6) is 0.947. The van der Waals surface area contributed by atoms with Crippen molar-refractivity contribution in [1.29, 1.82) is 0 Å². The van der Waals surface area contributed by atoms with Crippen LogP contribution in [0, 0.1) is 0 Å². The fourth-order valence-electron chi connectivity index (χ4n) is 2.38. The number of ether oxygens (including phenoxy) is 1. The van der Waals surface area contributed by atoms with Gasteiger partial charge in [0.25, 0.3) is 0 Å². The zero-order valence-electron chi connectivity index (χ0n) is 11.1. The lowest BCUT2D eigenvalue weighted by Crippen LogP contribution is -2.34. The van der Waals surface area contributed by atoms with E-state index in [0.717, 1.165) is 12.2 Å². The van der Waals surface area contributed by atoms with E-state index < -0.39 is 5.60 Å². The molecule has 0 saturated heterocycles. The molecule has 2 rings (SSSR count). The summed E-state index contributed by atoms with van der Waals surface area (Å²) in [6.07, 6.45) is 5.14. The highest BCUT2D eigenvalue weighted by Crippen LogP contribution is 2.26. The Labute approximate surface area is 109 Å². The van der Waals surface area contributed by atoms with E-state index in [1.165, 1.54) is 30.4 Å². The molecule has 1 aliphatic carbocycles. The Balaban J connectivity index is 1.77. The third-order valence-corrected chi connectivity index (χ3v) is 3.64. The van der Waals surface area contributed by atoms with Gasteiger partial charge in [-0.1, -0.05) is 6.07 Å². The minimum Gasteiger partial charge on any atom is -0.494 e. The van der Waals surface area contributed by atoms with E-state index in [1.807, 2.05) is 6.07 Å². The first-order valence-electron chi connectivity index (χ1n) is 6.78. The van der Waals surface area contributed by atoms with E-state index in [2.05, 4.69) is 12.1 Å². The minimum absolute atomic E-state index is 0.297. The molecule has 0 bridgehead atoms. The number of benzene rings is 1. The molecule has 0 spiro atoms. The van der Waals surface area contributed by atoms with Gasteiger partial charge in [-0.25, -0.2) is 0 Å². The second-order valence-electron chi connectivity index (χ2n) is 5.44. The summed E-state index contributed by atoms with van der Waals surface area (Å²) in [6, 6.07) is 6.38. The van der Waals surface area contributed by atoms with Crippen molar-refractivity contribution < 1.29 is 9.84 Å². The average Bonchev–Trinajstić information content (AvgIpc) is 2.82. The molecule has 1 atom stereocenters. The Bertz CT molecular complexity index is 401. The molecule has 3 heteroatoms. The Hall–Kier alpha value is -1.06. The van der Waals surface area contributed by atoms with Gasteiger partial charge in [-0.3, -0.25) is 0 Å². The van der Waals surface area contributed by atoms with Gasteiger partial charge in [0, 0.05) is 6.54 Å². The first kappa shape index (κ1) is 13.4. The molecule has 0 amide bonds. The monoisotopic (exact) mass is 249 g/mol. The quantitative estimate of drug-likeness (QED) is 0.759. The molecule has 0 radical (unpaired) electrons.